The van der Waals surface area contributed by atoms with E-state index in [1.807, 2.05) is 37.1 Å². The van der Waals surface area contributed by atoms with Gasteiger partial charge in [-0.2, -0.15) is 0 Å². The van der Waals surface area contributed by atoms with Crippen LogP contribution in [0.1, 0.15) is 37.0 Å². The van der Waals surface area contributed by atoms with Crippen LogP contribution in [-0.2, 0) is 14.3 Å². The predicted octanol–water partition coefficient (Wildman–Crippen LogP) is 2.73. The van der Waals surface area contributed by atoms with Crippen LogP contribution in [0, 0.1) is 0 Å². The maximum Gasteiger partial charge on any atom is 0.266 e. The van der Waals surface area contributed by atoms with Crippen LogP contribution >= 0.6 is 11.9 Å². The number of carbonyl (C=O) groups is 3. The molecule has 2 unspecified atom stereocenters. The van der Waals surface area contributed by atoms with E-state index in [1.165, 1.54) is 11.9 Å². The average Bonchev–Trinajstić information content (AvgIpc) is 3.35. The van der Waals surface area contributed by atoms with Crippen molar-refractivity contribution < 1.29 is 34.2 Å². The molecule has 0 bridgehead atoms. The third-order valence-electron chi connectivity index (χ3n) is 5.95. The number of methoxy groups -OCH3 is 2. The standard InChI is InChI=1S/C24H32N4O6S.C2H6.CH2O/c1-33-14-13-25-16-24(23(31)27-32)12-11-19(15-29)28(24)35-21-9-5-18(6-10-21)26-22(30)17-3-7-20(34-2)8-4-17;2*1-2/h3-10,19,25,29,32H,11-16H2,1-2H3,(H,26,30)(H,27,31);1-2H3;1H2. The van der Waals surface area contributed by atoms with Crippen LogP contribution < -0.4 is 20.9 Å². The summed E-state index contributed by atoms with van der Waals surface area (Å²) in [7, 11) is 3.16. The molecule has 1 aliphatic rings. The third-order valence-corrected chi connectivity index (χ3v) is 7.28. The smallest absolute Gasteiger partial charge is 0.266 e. The first-order valence-electron chi connectivity index (χ1n) is 12.5. The van der Waals surface area contributed by atoms with E-state index in [2.05, 4.69) is 10.6 Å². The van der Waals surface area contributed by atoms with Crippen LogP contribution in [0.4, 0.5) is 5.69 Å². The van der Waals surface area contributed by atoms with Gasteiger partial charge in [0, 0.05) is 42.4 Å². The zero-order chi connectivity index (χ0) is 29.3. The summed E-state index contributed by atoms with van der Waals surface area (Å²) in [6.45, 7) is 7.18. The largest absolute Gasteiger partial charge is 0.497 e. The zero-order valence-corrected chi connectivity index (χ0v) is 23.8. The normalized spacial score (nSPS) is 18.2. The molecule has 2 aromatic carbocycles. The van der Waals surface area contributed by atoms with E-state index in [9.17, 15) is 19.9 Å². The number of aliphatic hydroxyl groups is 1. The maximum absolute atomic E-state index is 12.8. The lowest BCUT2D eigenvalue weighted by Crippen LogP contribution is -2.60. The van der Waals surface area contributed by atoms with Gasteiger partial charge < -0.3 is 30.0 Å². The average molecular weight is 565 g/mol. The summed E-state index contributed by atoms with van der Waals surface area (Å²) in [6, 6.07) is 13.8. The first kappa shape index (κ1) is 34.0. The first-order valence-corrected chi connectivity index (χ1v) is 13.3. The van der Waals surface area contributed by atoms with Gasteiger partial charge in [0.25, 0.3) is 11.8 Å². The molecule has 0 radical (unpaired) electrons. The Morgan fingerprint density at radius 3 is 2.28 bits per heavy atom. The highest BCUT2D eigenvalue weighted by molar-refractivity contribution is 7.97. The van der Waals surface area contributed by atoms with Crippen molar-refractivity contribution in [3.63, 3.8) is 0 Å². The molecule has 1 saturated heterocycles. The second-order valence-corrected chi connectivity index (χ2v) is 9.19. The molecule has 2 atom stereocenters. The summed E-state index contributed by atoms with van der Waals surface area (Å²) in [4.78, 5) is 34.1. The van der Waals surface area contributed by atoms with Gasteiger partial charge in [0.1, 0.15) is 18.1 Å². The van der Waals surface area contributed by atoms with Crippen molar-refractivity contribution in [1.82, 2.24) is 15.1 Å². The van der Waals surface area contributed by atoms with Crippen LogP contribution in [0.25, 0.3) is 0 Å². The van der Waals surface area contributed by atoms with Crippen molar-refractivity contribution in [1.29, 1.82) is 0 Å². The minimum Gasteiger partial charge on any atom is -0.497 e. The van der Waals surface area contributed by atoms with E-state index in [4.69, 9.17) is 14.3 Å². The van der Waals surface area contributed by atoms with E-state index in [0.717, 1.165) is 4.90 Å². The number of rotatable bonds is 12. The Morgan fingerprint density at radius 1 is 1.10 bits per heavy atom. The van der Waals surface area contributed by atoms with Gasteiger partial charge in [0.2, 0.25) is 0 Å². The molecule has 0 spiro atoms. The van der Waals surface area contributed by atoms with Gasteiger partial charge in [-0.25, -0.2) is 9.79 Å². The number of amides is 2. The van der Waals surface area contributed by atoms with Crippen molar-refractivity contribution >= 4 is 36.2 Å². The molecule has 1 heterocycles. The second-order valence-electron chi connectivity index (χ2n) is 8.14. The fraction of sp³-hybridized carbons (Fsp3) is 0.444. The SMILES string of the molecule is C=O.CC.COCCNCC1(C(=O)NO)CCC(CO)N1Sc1ccc(NC(=O)c2ccc(OC)cc2)cc1. The summed E-state index contributed by atoms with van der Waals surface area (Å²) >= 11 is 1.33. The highest BCUT2D eigenvalue weighted by Gasteiger charge is 2.52. The molecule has 11 nitrogen and oxygen atoms in total. The monoisotopic (exact) mass is 564 g/mol. The van der Waals surface area contributed by atoms with Crippen LogP contribution in [0.2, 0.25) is 0 Å². The maximum atomic E-state index is 12.8. The second kappa shape index (κ2) is 18.3. The predicted molar refractivity (Wildman–Crippen MR) is 151 cm³/mol. The number of hydrogen-bond donors (Lipinski definition) is 5. The molecule has 12 heteroatoms. The molecule has 0 saturated carbocycles. The van der Waals surface area contributed by atoms with Crippen molar-refractivity contribution in [3.05, 3.63) is 54.1 Å². The Bertz CT molecular complexity index is 995. The molecule has 1 aliphatic heterocycles. The Labute approximate surface area is 234 Å². The number of hydrogen-bond acceptors (Lipinski definition) is 10. The molecule has 5 N–H and O–H groups in total. The molecule has 0 aromatic heterocycles. The van der Waals surface area contributed by atoms with Gasteiger partial charge in [0.05, 0.1) is 20.3 Å². The van der Waals surface area contributed by atoms with E-state index in [-0.39, 0.29) is 25.1 Å². The van der Waals surface area contributed by atoms with Crippen LogP contribution in [0.3, 0.4) is 0 Å². The number of anilines is 1. The van der Waals surface area contributed by atoms with Gasteiger partial charge in [-0.15, -0.1) is 0 Å². The fourth-order valence-corrected chi connectivity index (χ4v) is 5.22. The van der Waals surface area contributed by atoms with Gasteiger partial charge in [0.15, 0.2) is 0 Å². The zero-order valence-electron chi connectivity index (χ0n) is 22.9. The molecule has 2 aromatic rings. The molecule has 39 heavy (non-hydrogen) atoms. The molecule has 3 rings (SSSR count). The highest BCUT2D eigenvalue weighted by atomic mass is 32.2. The number of benzene rings is 2. The lowest BCUT2D eigenvalue weighted by atomic mass is 9.96. The van der Waals surface area contributed by atoms with Gasteiger partial charge in [-0.3, -0.25) is 14.8 Å². The Kier molecular flexibility index (Phi) is 16.0. The number of nitrogens with zero attached hydrogens (tertiary/aromatic N) is 1. The summed E-state index contributed by atoms with van der Waals surface area (Å²) in [5, 5.41) is 25.5. The summed E-state index contributed by atoms with van der Waals surface area (Å²) in [5.74, 6) is -0.103. The Hall–Kier alpha value is -3.00. The lowest BCUT2D eigenvalue weighted by molar-refractivity contribution is -0.138. The fourth-order valence-electron chi connectivity index (χ4n) is 4.00. The molecular formula is C27H40N4O7S. The van der Waals surface area contributed by atoms with Crippen LogP contribution in [0.15, 0.2) is 53.4 Å². The molecular weight excluding hydrogens is 524 g/mol. The minimum atomic E-state index is -1.05. The molecule has 0 aliphatic carbocycles. The first-order chi connectivity index (χ1) is 19.0. The van der Waals surface area contributed by atoms with Gasteiger partial charge in [-0.05, 0) is 73.3 Å². The van der Waals surface area contributed by atoms with Gasteiger partial charge >= 0.3 is 0 Å². The molecule has 216 valence electrons. The Morgan fingerprint density at radius 2 is 1.74 bits per heavy atom. The van der Waals surface area contributed by atoms with Gasteiger partial charge in [-0.1, -0.05) is 13.8 Å². The van der Waals surface area contributed by atoms with Crippen molar-refractivity contribution in [2.45, 2.75) is 43.2 Å². The molecule has 1 fully saturated rings. The number of hydroxylamine groups is 1. The van der Waals surface area contributed by atoms with Crippen molar-refractivity contribution in [2.75, 3.05) is 45.8 Å². The van der Waals surface area contributed by atoms with Crippen molar-refractivity contribution in [3.8, 4) is 5.75 Å². The summed E-state index contributed by atoms with van der Waals surface area (Å²) < 4.78 is 12.0. The Balaban J connectivity index is 0.00000181. The number of aliphatic hydroxyl groups excluding tert-OH is 1. The quantitative estimate of drug-likeness (QED) is 0.113. The van der Waals surface area contributed by atoms with Crippen LogP contribution in [0.5, 0.6) is 5.75 Å². The van der Waals surface area contributed by atoms with Crippen molar-refractivity contribution in [2.24, 2.45) is 0 Å². The molecule has 2 amide bonds. The topological polar surface area (TPSA) is 149 Å². The van der Waals surface area contributed by atoms with E-state index >= 15 is 0 Å². The third kappa shape index (κ3) is 9.31. The summed E-state index contributed by atoms with van der Waals surface area (Å²) in [6.07, 6.45) is 1.06. The number of nitrogens with one attached hydrogen (secondary N) is 3. The minimum absolute atomic E-state index is 0.123. The number of ether oxygens (including phenoxy) is 2. The summed E-state index contributed by atoms with van der Waals surface area (Å²) in [5.41, 5.74) is 1.88. The number of carbonyl (C=O) groups excluding carboxylic acids is 3. The van der Waals surface area contributed by atoms with E-state index in [0.29, 0.717) is 43.0 Å². The highest BCUT2D eigenvalue weighted by Crippen LogP contribution is 2.42. The lowest BCUT2D eigenvalue weighted by Gasteiger charge is -2.38. The van der Waals surface area contributed by atoms with E-state index < -0.39 is 11.4 Å². The van der Waals surface area contributed by atoms with Crippen LogP contribution in [-0.4, -0.2) is 85.3 Å². The van der Waals surface area contributed by atoms with E-state index in [1.54, 1.807) is 56.1 Å².